The number of carbonyl (C=O) groups is 2. The number of alkyl halides is 3. The Hall–Kier alpha value is -2.23. The van der Waals surface area contributed by atoms with Gasteiger partial charge in [-0.1, -0.05) is 6.92 Å². The number of ether oxygens (including phenoxy) is 1. The van der Waals surface area contributed by atoms with Crippen LogP contribution in [0.2, 0.25) is 0 Å². The van der Waals surface area contributed by atoms with Crippen molar-refractivity contribution in [3.05, 3.63) is 23.8 Å². The first-order valence-corrected chi connectivity index (χ1v) is 7.28. The van der Waals surface area contributed by atoms with E-state index in [2.05, 4.69) is 15.3 Å². The van der Waals surface area contributed by atoms with Gasteiger partial charge in [-0.15, -0.1) is 0 Å². The number of carboxylic acid groups (broad SMARTS) is 1. The maximum absolute atomic E-state index is 11.5. The summed E-state index contributed by atoms with van der Waals surface area (Å²) in [5.41, 5.74) is 1.18. The molecule has 0 saturated carbocycles. The molecule has 24 heavy (non-hydrogen) atoms. The number of rotatable bonds is 4. The molecule has 1 unspecified atom stereocenters. The van der Waals surface area contributed by atoms with Crippen LogP contribution in [0.1, 0.15) is 48.4 Å². The summed E-state index contributed by atoms with van der Waals surface area (Å²) in [6.45, 7) is 3.40. The Balaban J connectivity index is 0.000000351. The van der Waals surface area contributed by atoms with Crippen LogP contribution in [0.15, 0.2) is 12.4 Å². The third-order valence-corrected chi connectivity index (χ3v) is 2.98. The first kappa shape index (κ1) is 19.8. The molecule has 0 amide bonds. The number of aliphatic carboxylic acids is 1. The van der Waals surface area contributed by atoms with E-state index in [0.717, 1.165) is 31.5 Å². The van der Waals surface area contributed by atoms with E-state index in [0.29, 0.717) is 6.61 Å². The quantitative estimate of drug-likeness (QED) is 0.803. The third kappa shape index (κ3) is 6.49. The molecule has 1 saturated heterocycles. The van der Waals surface area contributed by atoms with Gasteiger partial charge in [0, 0.05) is 0 Å². The van der Waals surface area contributed by atoms with Crippen LogP contribution in [0.4, 0.5) is 13.2 Å². The van der Waals surface area contributed by atoms with Crippen molar-refractivity contribution >= 4 is 11.9 Å². The van der Waals surface area contributed by atoms with E-state index in [-0.39, 0.29) is 11.7 Å². The van der Waals surface area contributed by atoms with Gasteiger partial charge < -0.3 is 15.2 Å². The zero-order chi connectivity index (χ0) is 18.2. The molecule has 2 heterocycles. The minimum atomic E-state index is -5.08. The summed E-state index contributed by atoms with van der Waals surface area (Å²) in [6, 6.07) is 0.281. The van der Waals surface area contributed by atoms with Gasteiger partial charge in [0.25, 0.3) is 0 Å². The summed E-state index contributed by atoms with van der Waals surface area (Å²) in [7, 11) is 0. The molecule has 0 spiro atoms. The van der Waals surface area contributed by atoms with Gasteiger partial charge in [0.05, 0.1) is 30.7 Å². The molecular weight excluding hydrogens is 331 g/mol. The zero-order valence-corrected chi connectivity index (χ0v) is 13.0. The molecule has 1 aromatic heterocycles. The molecule has 2 N–H and O–H groups in total. The molecule has 1 fully saturated rings. The van der Waals surface area contributed by atoms with Crippen LogP contribution in [0.5, 0.6) is 0 Å². The number of nitrogens with one attached hydrogen (secondary N) is 1. The lowest BCUT2D eigenvalue weighted by molar-refractivity contribution is -0.192. The predicted molar refractivity (Wildman–Crippen MR) is 76.3 cm³/mol. The summed E-state index contributed by atoms with van der Waals surface area (Å²) < 4.78 is 36.7. The van der Waals surface area contributed by atoms with Crippen molar-refractivity contribution in [1.29, 1.82) is 0 Å². The molecule has 0 aromatic carbocycles. The van der Waals surface area contributed by atoms with Gasteiger partial charge in [-0.25, -0.2) is 14.6 Å². The highest BCUT2D eigenvalue weighted by molar-refractivity contribution is 5.86. The zero-order valence-electron chi connectivity index (χ0n) is 13.0. The molecule has 10 heteroatoms. The Morgan fingerprint density at radius 1 is 1.38 bits per heavy atom. The molecule has 7 nitrogen and oxygen atoms in total. The SMILES string of the molecule is CCCOC(=O)c1cnc(C2CCCN2)cn1.O=C(O)C(F)(F)F. The molecule has 1 aliphatic heterocycles. The number of carboxylic acids is 1. The fraction of sp³-hybridized carbons (Fsp3) is 0.571. The molecule has 1 aliphatic rings. The van der Waals surface area contributed by atoms with Crippen molar-refractivity contribution in [2.75, 3.05) is 13.2 Å². The highest BCUT2D eigenvalue weighted by atomic mass is 19.4. The third-order valence-electron chi connectivity index (χ3n) is 2.98. The van der Waals surface area contributed by atoms with Crippen LogP contribution < -0.4 is 5.32 Å². The number of hydrogen-bond donors (Lipinski definition) is 2. The van der Waals surface area contributed by atoms with Gasteiger partial charge in [-0.3, -0.25) is 4.98 Å². The van der Waals surface area contributed by atoms with E-state index in [9.17, 15) is 18.0 Å². The number of esters is 1. The Labute approximate surface area is 136 Å². The largest absolute Gasteiger partial charge is 0.490 e. The summed E-state index contributed by atoms with van der Waals surface area (Å²) >= 11 is 0. The average Bonchev–Trinajstić information content (AvgIpc) is 3.07. The fourth-order valence-corrected chi connectivity index (χ4v) is 1.83. The van der Waals surface area contributed by atoms with E-state index in [1.807, 2.05) is 6.92 Å². The molecule has 134 valence electrons. The summed E-state index contributed by atoms with van der Waals surface area (Å²) in [4.78, 5) is 28.8. The first-order chi connectivity index (χ1) is 11.3. The Morgan fingerprint density at radius 2 is 2.04 bits per heavy atom. The second-order valence-electron chi connectivity index (χ2n) is 4.91. The van der Waals surface area contributed by atoms with E-state index >= 15 is 0 Å². The van der Waals surface area contributed by atoms with Crippen molar-refractivity contribution < 1.29 is 32.6 Å². The van der Waals surface area contributed by atoms with Crippen LogP contribution in [-0.4, -0.2) is 46.3 Å². The van der Waals surface area contributed by atoms with Gasteiger partial charge in [0.2, 0.25) is 0 Å². The van der Waals surface area contributed by atoms with E-state index in [1.165, 1.54) is 6.20 Å². The minimum Gasteiger partial charge on any atom is -0.475 e. The topological polar surface area (TPSA) is 101 Å². The molecule has 1 atom stereocenters. The lowest BCUT2D eigenvalue weighted by Gasteiger charge is -2.09. The van der Waals surface area contributed by atoms with Gasteiger partial charge in [0.15, 0.2) is 5.69 Å². The lowest BCUT2D eigenvalue weighted by Crippen LogP contribution is -2.21. The second-order valence-corrected chi connectivity index (χ2v) is 4.91. The smallest absolute Gasteiger partial charge is 0.475 e. The van der Waals surface area contributed by atoms with Crippen LogP contribution >= 0.6 is 0 Å². The summed E-state index contributed by atoms with van der Waals surface area (Å²) in [5.74, 6) is -3.15. The summed E-state index contributed by atoms with van der Waals surface area (Å²) in [6.07, 6.45) is 1.11. The maximum Gasteiger partial charge on any atom is 0.490 e. The van der Waals surface area contributed by atoms with Crippen molar-refractivity contribution in [3.8, 4) is 0 Å². The van der Waals surface area contributed by atoms with Crippen molar-refractivity contribution in [2.45, 2.75) is 38.4 Å². The van der Waals surface area contributed by atoms with Crippen LogP contribution in [0.25, 0.3) is 0 Å². The second kappa shape index (κ2) is 9.16. The summed E-state index contributed by atoms with van der Waals surface area (Å²) in [5, 5.41) is 10.5. The molecule has 0 aliphatic carbocycles. The van der Waals surface area contributed by atoms with E-state index in [4.69, 9.17) is 14.6 Å². The highest BCUT2D eigenvalue weighted by Crippen LogP contribution is 2.20. The standard InChI is InChI=1S/C12H17N3O2.C2HF3O2/c1-2-6-17-12(16)11-8-14-10(7-15-11)9-4-3-5-13-9;3-2(4,5)1(6)7/h7-9,13H,2-6H2,1H3;(H,6,7). The molecule has 0 bridgehead atoms. The number of aromatic nitrogens is 2. The first-order valence-electron chi connectivity index (χ1n) is 7.28. The Bertz CT molecular complexity index is 543. The molecular formula is C14H18F3N3O4. The van der Waals surface area contributed by atoms with Gasteiger partial charge in [0.1, 0.15) is 0 Å². The van der Waals surface area contributed by atoms with Crippen molar-refractivity contribution in [1.82, 2.24) is 15.3 Å². The average molecular weight is 349 g/mol. The van der Waals surface area contributed by atoms with Crippen molar-refractivity contribution in [3.63, 3.8) is 0 Å². The number of nitrogens with zero attached hydrogens (tertiary/aromatic N) is 2. The molecule has 1 aromatic rings. The van der Waals surface area contributed by atoms with E-state index in [1.54, 1.807) is 6.20 Å². The normalized spacial score (nSPS) is 16.9. The van der Waals surface area contributed by atoms with Gasteiger partial charge in [-0.05, 0) is 25.8 Å². The molecule has 2 rings (SSSR count). The molecule has 0 radical (unpaired) electrons. The van der Waals surface area contributed by atoms with Crippen molar-refractivity contribution in [2.24, 2.45) is 0 Å². The lowest BCUT2D eigenvalue weighted by atomic mass is 10.2. The van der Waals surface area contributed by atoms with Crippen LogP contribution in [0.3, 0.4) is 0 Å². The number of halogens is 3. The van der Waals surface area contributed by atoms with Crippen LogP contribution in [0, 0.1) is 0 Å². The number of hydrogen-bond acceptors (Lipinski definition) is 6. The fourth-order valence-electron chi connectivity index (χ4n) is 1.83. The highest BCUT2D eigenvalue weighted by Gasteiger charge is 2.38. The monoisotopic (exact) mass is 349 g/mol. The minimum absolute atomic E-state index is 0.278. The van der Waals surface area contributed by atoms with Gasteiger partial charge >= 0.3 is 18.1 Å². The van der Waals surface area contributed by atoms with E-state index < -0.39 is 18.1 Å². The number of carbonyl (C=O) groups excluding carboxylic acids is 1. The maximum atomic E-state index is 11.5. The predicted octanol–water partition coefficient (Wildman–Crippen LogP) is 2.10. The Kier molecular flexibility index (Phi) is 7.56. The Morgan fingerprint density at radius 3 is 2.46 bits per heavy atom. The van der Waals surface area contributed by atoms with Crippen LogP contribution in [-0.2, 0) is 9.53 Å². The van der Waals surface area contributed by atoms with Gasteiger partial charge in [-0.2, -0.15) is 13.2 Å².